The third-order valence-electron chi connectivity index (χ3n) is 8.54. The molecule has 8 nitrogen and oxygen atoms in total. The van der Waals surface area contributed by atoms with E-state index < -0.39 is 23.8 Å². The number of amides is 2. The molecule has 2 aliphatic heterocycles. The van der Waals surface area contributed by atoms with Crippen LogP contribution in [-0.2, 0) is 11.2 Å². The van der Waals surface area contributed by atoms with Gasteiger partial charge < -0.3 is 24.8 Å². The minimum Gasteiger partial charge on any atom is -0.490 e. The number of hydrogen-bond donors (Lipinski definition) is 2. The number of halogens is 3. The zero-order chi connectivity index (χ0) is 31.5. The molecular formula is C34H34BrF2N3O5. The fourth-order valence-corrected chi connectivity index (χ4v) is 6.47. The highest BCUT2D eigenvalue weighted by Crippen LogP contribution is 2.39. The molecule has 0 aromatic heterocycles. The van der Waals surface area contributed by atoms with Crippen molar-refractivity contribution in [2.75, 3.05) is 32.8 Å². The number of fused-ring (bicyclic) bond motifs is 2. The van der Waals surface area contributed by atoms with Gasteiger partial charge in [0.25, 0.3) is 5.91 Å². The maximum Gasteiger partial charge on any atom is 0.408 e. The quantitative estimate of drug-likeness (QED) is 0.245. The molecule has 1 saturated heterocycles. The van der Waals surface area contributed by atoms with Crippen LogP contribution < -0.4 is 14.8 Å². The van der Waals surface area contributed by atoms with Gasteiger partial charge in [0.15, 0.2) is 11.6 Å². The van der Waals surface area contributed by atoms with Gasteiger partial charge in [0.1, 0.15) is 24.7 Å². The highest BCUT2D eigenvalue weighted by Gasteiger charge is 2.46. The van der Waals surface area contributed by atoms with Crippen molar-refractivity contribution < 1.29 is 33.0 Å². The predicted molar refractivity (Wildman–Crippen MR) is 168 cm³/mol. The van der Waals surface area contributed by atoms with E-state index in [1.54, 1.807) is 4.90 Å². The molecule has 3 aromatic carbocycles. The van der Waals surface area contributed by atoms with Gasteiger partial charge in [0.05, 0.1) is 12.1 Å². The van der Waals surface area contributed by atoms with Crippen molar-refractivity contribution >= 4 is 33.5 Å². The van der Waals surface area contributed by atoms with Gasteiger partial charge >= 0.3 is 6.09 Å². The summed E-state index contributed by atoms with van der Waals surface area (Å²) in [4.78, 5) is 29.9. The molecule has 2 N–H and O–H groups in total. The molecule has 11 heteroatoms. The zero-order valence-corrected chi connectivity index (χ0v) is 26.1. The van der Waals surface area contributed by atoms with Gasteiger partial charge in [-0.05, 0) is 84.8 Å². The third kappa shape index (κ3) is 6.99. The van der Waals surface area contributed by atoms with E-state index in [2.05, 4.69) is 21.2 Å². The number of piperazine rings is 1. The van der Waals surface area contributed by atoms with Crippen LogP contribution in [0.1, 0.15) is 30.4 Å². The van der Waals surface area contributed by atoms with E-state index in [9.17, 15) is 23.5 Å². The minimum absolute atomic E-state index is 0.0224. The lowest BCUT2D eigenvalue weighted by atomic mass is 9.82. The Labute approximate surface area is 268 Å². The van der Waals surface area contributed by atoms with Crippen LogP contribution in [0, 0.1) is 11.6 Å². The van der Waals surface area contributed by atoms with E-state index in [0.29, 0.717) is 44.0 Å². The summed E-state index contributed by atoms with van der Waals surface area (Å²) in [5.41, 5.74) is 2.27. The number of carbonyl (C=O) groups excluding carboxylic acids is 1. The van der Waals surface area contributed by atoms with Gasteiger partial charge in [0.2, 0.25) is 0 Å². The normalized spacial score (nSPS) is 19.3. The summed E-state index contributed by atoms with van der Waals surface area (Å²) >= 11 is 3.40. The van der Waals surface area contributed by atoms with Crippen LogP contribution in [-0.4, -0.2) is 77.9 Å². The molecule has 3 aromatic rings. The summed E-state index contributed by atoms with van der Waals surface area (Å²) in [7, 11) is 0. The fourth-order valence-electron chi connectivity index (χ4n) is 6.21. The standard InChI is InChI=1S/C34H34BrF2N3O5/c35-23-6-12-27(13-7-23)45-17-16-44-26-10-4-21(5-11-26)28-18-25-19-38-20-30(40(25)34(42)43)31(28)33(41)39(24-8-9-24)15-14-22-2-1-3-29(36)32(22)37/h1-7,10-13,24-25,30,38H,8-9,14-20H2,(H,42,43)/t25-,30-/m1/s1. The van der Waals surface area contributed by atoms with Crippen molar-refractivity contribution in [3.63, 3.8) is 0 Å². The number of nitrogens with zero attached hydrogens (tertiary/aromatic N) is 2. The first-order valence-electron chi connectivity index (χ1n) is 15.1. The number of nitrogens with one attached hydrogen (secondary N) is 1. The molecular weight excluding hydrogens is 648 g/mol. The smallest absolute Gasteiger partial charge is 0.408 e. The number of benzene rings is 3. The Hall–Kier alpha value is -3.96. The van der Waals surface area contributed by atoms with Gasteiger partial charge in [-0.2, -0.15) is 0 Å². The first-order chi connectivity index (χ1) is 21.8. The molecule has 6 rings (SSSR count). The average molecular weight is 683 g/mol. The Morgan fingerprint density at radius 3 is 2.27 bits per heavy atom. The lowest BCUT2D eigenvalue weighted by Crippen LogP contribution is -2.63. The van der Waals surface area contributed by atoms with Crippen LogP contribution in [0.4, 0.5) is 13.6 Å². The highest BCUT2D eigenvalue weighted by atomic mass is 79.9. The summed E-state index contributed by atoms with van der Waals surface area (Å²) in [6, 6.07) is 18.1. The summed E-state index contributed by atoms with van der Waals surface area (Å²) in [6.07, 6.45) is 1.08. The van der Waals surface area contributed by atoms with Crippen molar-refractivity contribution in [2.24, 2.45) is 0 Å². The largest absolute Gasteiger partial charge is 0.490 e. The number of carbonyl (C=O) groups is 2. The average Bonchev–Trinajstić information content (AvgIpc) is 3.87. The molecule has 2 fully saturated rings. The first kappa shape index (κ1) is 31.0. The van der Waals surface area contributed by atoms with Gasteiger partial charge in [-0.15, -0.1) is 0 Å². The Kier molecular flexibility index (Phi) is 9.37. The van der Waals surface area contributed by atoms with E-state index in [0.717, 1.165) is 40.3 Å². The number of carboxylic acid groups (broad SMARTS) is 1. The van der Waals surface area contributed by atoms with Crippen molar-refractivity contribution in [3.8, 4) is 11.5 Å². The second-order valence-corrected chi connectivity index (χ2v) is 12.4. The SMILES string of the molecule is O=C(C1=C(c2ccc(OCCOc3ccc(Br)cc3)cc2)C[C@@H]2CNC[C@H]1N2C(=O)O)N(CCc1cccc(F)c1F)C1CC1. The summed E-state index contributed by atoms with van der Waals surface area (Å²) in [6.45, 7) is 1.70. The van der Waals surface area contributed by atoms with Crippen LogP contribution >= 0.6 is 15.9 Å². The van der Waals surface area contributed by atoms with Crippen molar-refractivity contribution in [1.82, 2.24) is 15.1 Å². The van der Waals surface area contributed by atoms with Gasteiger partial charge in [-0.3, -0.25) is 9.69 Å². The molecule has 236 valence electrons. The van der Waals surface area contributed by atoms with Crippen molar-refractivity contribution in [3.05, 3.63) is 99.5 Å². The number of hydrogen-bond acceptors (Lipinski definition) is 5. The van der Waals surface area contributed by atoms with Crippen LogP contribution in [0.15, 0.2) is 76.8 Å². The summed E-state index contributed by atoms with van der Waals surface area (Å²) in [5, 5.41) is 13.4. The van der Waals surface area contributed by atoms with Crippen molar-refractivity contribution in [1.29, 1.82) is 0 Å². The van der Waals surface area contributed by atoms with E-state index in [4.69, 9.17) is 9.47 Å². The number of ether oxygens (including phenoxy) is 2. The van der Waals surface area contributed by atoms with Crippen molar-refractivity contribution in [2.45, 2.75) is 43.8 Å². The minimum atomic E-state index is -1.07. The third-order valence-corrected chi connectivity index (χ3v) is 9.06. The molecule has 2 heterocycles. The van der Waals surface area contributed by atoms with Gasteiger partial charge in [-0.1, -0.05) is 40.2 Å². The van der Waals surface area contributed by atoms with Gasteiger partial charge in [-0.25, -0.2) is 13.6 Å². The van der Waals surface area contributed by atoms with Gasteiger partial charge in [0, 0.05) is 35.7 Å². The lowest BCUT2D eigenvalue weighted by molar-refractivity contribution is -0.128. The molecule has 0 radical (unpaired) electrons. The predicted octanol–water partition coefficient (Wildman–Crippen LogP) is 5.90. The topological polar surface area (TPSA) is 91.3 Å². The Morgan fingerprint density at radius 2 is 1.62 bits per heavy atom. The van der Waals surface area contributed by atoms with Crippen LogP contribution in [0.2, 0.25) is 0 Å². The maximum absolute atomic E-state index is 14.5. The molecule has 1 aliphatic carbocycles. The van der Waals surface area contributed by atoms with Crippen LogP contribution in [0.25, 0.3) is 5.57 Å². The van der Waals surface area contributed by atoms with E-state index in [-0.39, 0.29) is 36.5 Å². The fraction of sp³-hybridized carbons (Fsp3) is 0.353. The monoisotopic (exact) mass is 681 g/mol. The Bertz CT molecular complexity index is 1580. The first-order valence-corrected chi connectivity index (χ1v) is 15.9. The van der Waals surface area contributed by atoms with E-state index >= 15 is 0 Å². The molecule has 0 unspecified atom stereocenters. The molecule has 2 amide bonds. The van der Waals surface area contributed by atoms with Crippen LogP contribution in [0.3, 0.4) is 0 Å². The van der Waals surface area contributed by atoms with E-state index in [1.165, 1.54) is 17.0 Å². The maximum atomic E-state index is 14.5. The lowest BCUT2D eigenvalue weighted by Gasteiger charge is -2.47. The second kappa shape index (κ2) is 13.6. The molecule has 3 aliphatic rings. The van der Waals surface area contributed by atoms with E-state index in [1.807, 2.05) is 48.5 Å². The Morgan fingerprint density at radius 1 is 0.956 bits per heavy atom. The molecule has 2 atom stereocenters. The molecule has 0 spiro atoms. The molecule has 45 heavy (non-hydrogen) atoms. The highest BCUT2D eigenvalue weighted by molar-refractivity contribution is 9.10. The Balaban J connectivity index is 1.23. The molecule has 2 bridgehead atoms. The zero-order valence-electron chi connectivity index (χ0n) is 24.6. The number of rotatable bonds is 11. The summed E-state index contributed by atoms with van der Waals surface area (Å²) in [5.74, 6) is -0.691. The van der Waals surface area contributed by atoms with Crippen LogP contribution in [0.5, 0.6) is 11.5 Å². The molecule has 1 saturated carbocycles. The summed E-state index contributed by atoms with van der Waals surface area (Å²) < 4.78 is 40.9. The second-order valence-electron chi connectivity index (χ2n) is 11.5.